The van der Waals surface area contributed by atoms with E-state index in [1.54, 1.807) is 5.57 Å². The van der Waals surface area contributed by atoms with Crippen LogP contribution in [-0.4, -0.2) is 0 Å². The lowest BCUT2D eigenvalue weighted by Gasteiger charge is -2.20. The molecule has 0 spiro atoms. The highest BCUT2D eigenvalue weighted by molar-refractivity contribution is 5.26. The Balaban J connectivity index is 1.82. The zero-order chi connectivity index (χ0) is 7.97. The second kappa shape index (κ2) is 2.48. The Morgan fingerprint density at radius 1 is 1.17 bits per heavy atom. The predicted octanol–water partition coefficient (Wildman–Crippen LogP) is 3.45. The fourth-order valence-corrected chi connectivity index (χ4v) is 3.21. The average molecular weight is 160 g/mol. The van der Waals surface area contributed by atoms with Gasteiger partial charge in [-0.05, 0) is 50.4 Å². The standard InChI is InChI=1S/C12H16/c1-2-4-10(3-1)12-8-9-5-6-11(12)7-9/h3,5,11-12H,1-2,4,6-8H2. The molecule has 3 aliphatic carbocycles. The van der Waals surface area contributed by atoms with Crippen molar-refractivity contribution < 1.29 is 0 Å². The predicted molar refractivity (Wildman–Crippen MR) is 50.8 cm³/mol. The van der Waals surface area contributed by atoms with Crippen LogP contribution in [-0.2, 0) is 0 Å². The first-order chi connectivity index (χ1) is 5.93. The van der Waals surface area contributed by atoms with Gasteiger partial charge in [-0.1, -0.05) is 23.3 Å². The van der Waals surface area contributed by atoms with E-state index in [0.717, 1.165) is 11.8 Å². The monoisotopic (exact) mass is 160 g/mol. The Labute approximate surface area is 74.4 Å². The molecule has 0 amide bonds. The molecule has 0 N–H and O–H groups in total. The van der Waals surface area contributed by atoms with Crippen LogP contribution in [0.1, 0.15) is 38.5 Å². The highest BCUT2D eigenvalue weighted by Crippen LogP contribution is 2.49. The summed E-state index contributed by atoms with van der Waals surface area (Å²) < 4.78 is 0. The molecule has 1 saturated carbocycles. The van der Waals surface area contributed by atoms with Crippen LogP contribution >= 0.6 is 0 Å². The molecule has 3 aliphatic rings. The summed E-state index contributed by atoms with van der Waals surface area (Å²) in [5.41, 5.74) is 3.57. The van der Waals surface area contributed by atoms with Gasteiger partial charge in [-0.3, -0.25) is 0 Å². The molecule has 0 heteroatoms. The zero-order valence-electron chi connectivity index (χ0n) is 7.55. The van der Waals surface area contributed by atoms with Gasteiger partial charge in [-0.25, -0.2) is 0 Å². The molecule has 0 aromatic carbocycles. The van der Waals surface area contributed by atoms with E-state index in [4.69, 9.17) is 0 Å². The topological polar surface area (TPSA) is 0 Å². The van der Waals surface area contributed by atoms with Crippen LogP contribution in [0.3, 0.4) is 0 Å². The van der Waals surface area contributed by atoms with E-state index in [2.05, 4.69) is 12.2 Å². The average Bonchev–Trinajstić information content (AvgIpc) is 2.81. The van der Waals surface area contributed by atoms with Crippen LogP contribution < -0.4 is 0 Å². The molecule has 0 aliphatic heterocycles. The normalized spacial score (nSPS) is 38.7. The lowest BCUT2D eigenvalue weighted by atomic mass is 9.85. The maximum atomic E-state index is 2.52. The van der Waals surface area contributed by atoms with Crippen molar-refractivity contribution in [3.8, 4) is 0 Å². The van der Waals surface area contributed by atoms with Crippen molar-refractivity contribution in [1.82, 2.24) is 0 Å². The van der Waals surface area contributed by atoms with Gasteiger partial charge in [0.05, 0.1) is 0 Å². The molecule has 0 aromatic rings. The van der Waals surface area contributed by atoms with Gasteiger partial charge in [0, 0.05) is 0 Å². The summed E-state index contributed by atoms with van der Waals surface area (Å²) in [5.74, 6) is 2.00. The Morgan fingerprint density at radius 3 is 2.75 bits per heavy atom. The Bertz CT molecular complexity index is 257. The molecule has 1 fully saturated rings. The molecule has 0 radical (unpaired) electrons. The van der Waals surface area contributed by atoms with Crippen LogP contribution in [0, 0.1) is 11.8 Å². The first-order valence-electron chi connectivity index (χ1n) is 5.30. The minimum absolute atomic E-state index is 0.979. The van der Waals surface area contributed by atoms with Gasteiger partial charge in [0.25, 0.3) is 0 Å². The third kappa shape index (κ3) is 0.903. The quantitative estimate of drug-likeness (QED) is 0.515. The Morgan fingerprint density at radius 2 is 2.17 bits per heavy atom. The summed E-state index contributed by atoms with van der Waals surface area (Å²) in [5, 5.41) is 0. The summed E-state index contributed by atoms with van der Waals surface area (Å²) >= 11 is 0. The van der Waals surface area contributed by atoms with Crippen molar-refractivity contribution in [2.75, 3.05) is 0 Å². The van der Waals surface area contributed by atoms with Crippen molar-refractivity contribution >= 4 is 0 Å². The molecule has 2 bridgehead atoms. The summed E-state index contributed by atoms with van der Waals surface area (Å²) in [6.07, 6.45) is 13.4. The third-order valence-corrected chi connectivity index (χ3v) is 3.84. The number of fused-ring (bicyclic) bond motifs is 2. The number of rotatable bonds is 1. The Hall–Kier alpha value is -0.520. The first kappa shape index (κ1) is 6.94. The van der Waals surface area contributed by atoms with E-state index in [-0.39, 0.29) is 0 Å². The SMILES string of the molecule is C1=C2CC(C1)C(C1=CCCC1)C2. The van der Waals surface area contributed by atoms with Gasteiger partial charge in [0.2, 0.25) is 0 Å². The lowest BCUT2D eigenvalue weighted by molar-refractivity contribution is 0.438. The van der Waals surface area contributed by atoms with Crippen molar-refractivity contribution in [2.24, 2.45) is 11.8 Å². The van der Waals surface area contributed by atoms with Crippen LogP contribution in [0.15, 0.2) is 23.3 Å². The fourth-order valence-electron chi connectivity index (χ4n) is 3.21. The summed E-state index contributed by atoms with van der Waals surface area (Å²) in [7, 11) is 0. The smallest absolute Gasteiger partial charge is 0.0132 e. The molecule has 2 unspecified atom stereocenters. The molecule has 3 rings (SSSR count). The third-order valence-electron chi connectivity index (χ3n) is 3.84. The lowest BCUT2D eigenvalue weighted by Crippen LogP contribution is -2.09. The van der Waals surface area contributed by atoms with Crippen LogP contribution in [0.25, 0.3) is 0 Å². The molecule has 0 aromatic heterocycles. The number of hydrogen-bond donors (Lipinski definition) is 0. The van der Waals surface area contributed by atoms with Gasteiger partial charge in [-0.15, -0.1) is 0 Å². The van der Waals surface area contributed by atoms with Gasteiger partial charge >= 0.3 is 0 Å². The first-order valence-corrected chi connectivity index (χ1v) is 5.30. The van der Waals surface area contributed by atoms with Gasteiger partial charge < -0.3 is 0 Å². The van der Waals surface area contributed by atoms with Gasteiger partial charge in [0.1, 0.15) is 0 Å². The highest BCUT2D eigenvalue weighted by atomic mass is 14.4. The number of allylic oxidation sites excluding steroid dienone is 4. The molecule has 0 nitrogen and oxygen atoms in total. The summed E-state index contributed by atoms with van der Waals surface area (Å²) in [6.45, 7) is 0. The Kier molecular flexibility index (Phi) is 1.44. The van der Waals surface area contributed by atoms with E-state index in [9.17, 15) is 0 Å². The van der Waals surface area contributed by atoms with E-state index in [0.29, 0.717) is 0 Å². The fraction of sp³-hybridized carbons (Fsp3) is 0.667. The van der Waals surface area contributed by atoms with Crippen molar-refractivity contribution in [1.29, 1.82) is 0 Å². The van der Waals surface area contributed by atoms with E-state index >= 15 is 0 Å². The maximum absolute atomic E-state index is 2.52. The van der Waals surface area contributed by atoms with Crippen molar-refractivity contribution in [2.45, 2.75) is 38.5 Å². The maximum Gasteiger partial charge on any atom is -0.0132 e. The largest absolute Gasteiger partial charge is 0.0850 e. The molecule has 0 saturated heterocycles. The molecule has 2 atom stereocenters. The van der Waals surface area contributed by atoms with Crippen molar-refractivity contribution in [3.05, 3.63) is 23.3 Å². The number of hydrogen-bond acceptors (Lipinski definition) is 0. The van der Waals surface area contributed by atoms with Crippen LogP contribution in [0.4, 0.5) is 0 Å². The minimum Gasteiger partial charge on any atom is -0.0850 e. The second-order valence-corrected chi connectivity index (χ2v) is 4.54. The molecular formula is C12H16. The van der Waals surface area contributed by atoms with Gasteiger partial charge in [-0.2, -0.15) is 0 Å². The van der Waals surface area contributed by atoms with Crippen LogP contribution in [0.5, 0.6) is 0 Å². The molecule has 12 heavy (non-hydrogen) atoms. The molecule has 0 heterocycles. The van der Waals surface area contributed by atoms with E-state index in [1.165, 1.54) is 38.5 Å². The second-order valence-electron chi connectivity index (χ2n) is 4.54. The molecule has 64 valence electrons. The van der Waals surface area contributed by atoms with E-state index < -0.39 is 0 Å². The van der Waals surface area contributed by atoms with E-state index in [1.807, 2.05) is 5.57 Å². The summed E-state index contributed by atoms with van der Waals surface area (Å²) in [4.78, 5) is 0. The highest BCUT2D eigenvalue weighted by Gasteiger charge is 2.36. The van der Waals surface area contributed by atoms with Crippen LogP contribution in [0.2, 0.25) is 0 Å². The minimum atomic E-state index is 0.979. The van der Waals surface area contributed by atoms with Gasteiger partial charge in [0.15, 0.2) is 0 Å². The zero-order valence-corrected chi connectivity index (χ0v) is 7.55. The summed E-state index contributed by atoms with van der Waals surface area (Å²) in [6, 6.07) is 0. The molecular weight excluding hydrogens is 144 g/mol. The van der Waals surface area contributed by atoms with Crippen molar-refractivity contribution in [3.63, 3.8) is 0 Å².